The molecular formula is C20H26N2O3. The number of likely N-dealkylation sites (tertiary alicyclic amines) is 2. The molecular weight excluding hydrogens is 316 g/mol. The minimum Gasteiger partial charge on any atom is -0.503 e. The van der Waals surface area contributed by atoms with Crippen molar-refractivity contribution in [3.63, 3.8) is 0 Å². The van der Waals surface area contributed by atoms with Crippen molar-refractivity contribution in [2.75, 3.05) is 19.7 Å². The highest BCUT2D eigenvalue weighted by Gasteiger charge is 2.39. The molecule has 5 heteroatoms. The SMILES string of the molecule is CC(=C(O)C=O)N1CCCC1c1ccccc1CN1C[C@@H]2C[C@H]1CO2. The van der Waals surface area contributed by atoms with Gasteiger partial charge in [-0.3, -0.25) is 9.69 Å². The maximum atomic E-state index is 11.0. The zero-order valence-corrected chi connectivity index (χ0v) is 14.7. The number of morpholine rings is 1. The third-order valence-electron chi connectivity index (χ3n) is 5.97. The second kappa shape index (κ2) is 6.81. The van der Waals surface area contributed by atoms with Gasteiger partial charge in [-0.1, -0.05) is 24.3 Å². The molecule has 0 aliphatic carbocycles. The Kier molecular flexibility index (Phi) is 4.52. The van der Waals surface area contributed by atoms with Gasteiger partial charge in [-0.05, 0) is 37.3 Å². The van der Waals surface area contributed by atoms with Crippen LogP contribution in [0, 0.1) is 0 Å². The van der Waals surface area contributed by atoms with E-state index in [4.69, 9.17) is 4.74 Å². The van der Waals surface area contributed by atoms with E-state index in [9.17, 15) is 9.90 Å². The molecule has 3 aliphatic heterocycles. The summed E-state index contributed by atoms with van der Waals surface area (Å²) < 4.78 is 5.72. The van der Waals surface area contributed by atoms with Gasteiger partial charge in [0.2, 0.25) is 0 Å². The number of aldehydes is 1. The predicted octanol–water partition coefficient (Wildman–Crippen LogP) is 2.79. The number of carbonyl (C=O) groups is 1. The fourth-order valence-electron chi connectivity index (χ4n) is 4.62. The Labute approximate surface area is 148 Å². The smallest absolute Gasteiger partial charge is 0.186 e. The molecule has 0 saturated carbocycles. The van der Waals surface area contributed by atoms with Crippen LogP contribution in [0.5, 0.6) is 0 Å². The molecule has 1 aromatic rings. The van der Waals surface area contributed by atoms with Gasteiger partial charge in [0.25, 0.3) is 0 Å². The molecule has 1 aromatic carbocycles. The molecule has 3 fully saturated rings. The quantitative estimate of drug-likeness (QED) is 0.507. The van der Waals surface area contributed by atoms with Crippen molar-refractivity contribution < 1.29 is 14.6 Å². The highest BCUT2D eigenvalue weighted by molar-refractivity contribution is 5.70. The summed E-state index contributed by atoms with van der Waals surface area (Å²) in [7, 11) is 0. The van der Waals surface area contributed by atoms with Crippen molar-refractivity contribution in [1.29, 1.82) is 0 Å². The van der Waals surface area contributed by atoms with Crippen LogP contribution in [0.4, 0.5) is 0 Å². The normalized spacial score (nSPS) is 30.0. The van der Waals surface area contributed by atoms with Crippen molar-refractivity contribution >= 4 is 6.29 Å². The van der Waals surface area contributed by atoms with Crippen LogP contribution >= 0.6 is 0 Å². The summed E-state index contributed by atoms with van der Waals surface area (Å²) >= 11 is 0. The zero-order chi connectivity index (χ0) is 17.4. The Morgan fingerprint density at radius 1 is 1.40 bits per heavy atom. The van der Waals surface area contributed by atoms with Gasteiger partial charge in [-0.25, -0.2) is 0 Å². The van der Waals surface area contributed by atoms with Crippen LogP contribution in [0.3, 0.4) is 0 Å². The Hall–Kier alpha value is -1.85. The van der Waals surface area contributed by atoms with E-state index in [1.807, 2.05) is 6.92 Å². The average molecular weight is 342 g/mol. The molecule has 0 radical (unpaired) electrons. The number of nitrogens with zero attached hydrogens (tertiary/aromatic N) is 2. The predicted molar refractivity (Wildman–Crippen MR) is 95.1 cm³/mol. The third-order valence-corrected chi connectivity index (χ3v) is 5.97. The van der Waals surface area contributed by atoms with E-state index < -0.39 is 0 Å². The molecule has 3 heterocycles. The summed E-state index contributed by atoms with van der Waals surface area (Å²) in [6.45, 7) is 5.55. The van der Waals surface area contributed by atoms with Crippen LogP contribution in [0.25, 0.3) is 0 Å². The first kappa shape index (κ1) is 16.6. The Balaban J connectivity index is 1.59. The first-order valence-corrected chi connectivity index (χ1v) is 9.22. The van der Waals surface area contributed by atoms with E-state index in [1.54, 1.807) is 0 Å². The lowest BCUT2D eigenvalue weighted by Gasteiger charge is -2.32. The first-order chi connectivity index (χ1) is 12.2. The van der Waals surface area contributed by atoms with Crippen molar-refractivity contribution in [3.05, 3.63) is 46.8 Å². The van der Waals surface area contributed by atoms with Gasteiger partial charge in [0.05, 0.1) is 24.4 Å². The van der Waals surface area contributed by atoms with E-state index in [1.165, 1.54) is 11.1 Å². The molecule has 3 saturated heterocycles. The number of carbonyl (C=O) groups excluding carboxylic acids is 1. The van der Waals surface area contributed by atoms with E-state index in [0.717, 1.165) is 45.5 Å². The Bertz CT molecular complexity index is 687. The molecule has 1 N–H and O–H groups in total. The van der Waals surface area contributed by atoms with Gasteiger partial charge in [0, 0.05) is 25.7 Å². The van der Waals surface area contributed by atoms with Crippen molar-refractivity contribution in [3.8, 4) is 0 Å². The first-order valence-electron chi connectivity index (χ1n) is 9.22. The van der Waals surface area contributed by atoms with E-state index >= 15 is 0 Å². The van der Waals surface area contributed by atoms with Crippen molar-refractivity contribution in [2.24, 2.45) is 0 Å². The molecule has 3 atom stereocenters. The summed E-state index contributed by atoms with van der Waals surface area (Å²) in [6, 6.07) is 9.40. The Morgan fingerprint density at radius 2 is 2.24 bits per heavy atom. The lowest BCUT2D eigenvalue weighted by atomic mass is 9.97. The third kappa shape index (κ3) is 3.07. The van der Waals surface area contributed by atoms with Crippen LogP contribution in [0.1, 0.15) is 43.4 Å². The fraction of sp³-hybridized carbons (Fsp3) is 0.550. The van der Waals surface area contributed by atoms with Crippen LogP contribution in [-0.2, 0) is 16.1 Å². The molecule has 134 valence electrons. The van der Waals surface area contributed by atoms with Crippen LogP contribution in [0.2, 0.25) is 0 Å². The van der Waals surface area contributed by atoms with E-state index in [-0.39, 0.29) is 11.8 Å². The summed E-state index contributed by atoms with van der Waals surface area (Å²) in [5.74, 6) is -0.154. The number of fused-ring (bicyclic) bond motifs is 2. The second-order valence-electron chi connectivity index (χ2n) is 7.41. The highest BCUT2D eigenvalue weighted by Crippen LogP contribution is 2.38. The molecule has 4 rings (SSSR count). The highest BCUT2D eigenvalue weighted by atomic mass is 16.5. The van der Waals surface area contributed by atoms with Gasteiger partial charge in [0.15, 0.2) is 12.0 Å². The largest absolute Gasteiger partial charge is 0.503 e. The molecule has 0 amide bonds. The van der Waals surface area contributed by atoms with Crippen LogP contribution < -0.4 is 0 Å². The van der Waals surface area contributed by atoms with Gasteiger partial charge < -0.3 is 14.7 Å². The van der Waals surface area contributed by atoms with Crippen molar-refractivity contribution in [1.82, 2.24) is 9.80 Å². The molecule has 25 heavy (non-hydrogen) atoms. The molecule has 1 unspecified atom stereocenters. The number of ether oxygens (including phenoxy) is 1. The Morgan fingerprint density at radius 3 is 2.96 bits per heavy atom. The number of rotatable bonds is 5. The summed E-state index contributed by atoms with van der Waals surface area (Å²) in [4.78, 5) is 15.7. The van der Waals surface area contributed by atoms with Crippen LogP contribution in [0.15, 0.2) is 35.7 Å². The number of aliphatic hydroxyl groups excluding tert-OH is 1. The average Bonchev–Trinajstić information content (AvgIpc) is 3.37. The summed E-state index contributed by atoms with van der Waals surface area (Å²) in [5.41, 5.74) is 3.35. The minimum absolute atomic E-state index is 0.154. The molecule has 2 bridgehead atoms. The fourth-order valence-corrected chi connectivity index (χ4v) is 4.62. The monoisotopic (exact) mass is 342 g/mol. The second-order valence-corrected chi connectivity index (χ2v) is 7.41. The summed E-state index contributed by atoms with van der Waals surface area (Å²) in [5, 5.41) is 9.87. The lowest BCUT2D eigenvalue weighted by molar-refractivity contribution is -0.107. The van der Waals surface area contributed by atoms with Gasteiger partial charge in [-0.15, -0.1) is 0 Å². The molecule has 3 aliphatic rings. The number of hydrogen-bond donors (Lipinski definition) is 1. The van der Waals surface area contributed by atoms with Crippen molar-refractivity contribution in [2.45, 2.75) is 50.9 Å². The number of hydrogen-bond acceptors (Lipinski definition) is 5. The molecule has 0 spiro atoms. The molecule has 5 nitrogen and oxygen atoms in total. The van der Waals surface area contributed by atoms with Gasteiger partial charge in [-0.2, -0.15) is 0 Å². The van der Waals surface area contributed by atoms with Crippen LogP contribution in [-0.4, -0.2) is 53.0 Å². The standard InChI is InChI=1S/C20H26N2O3/c1-14(20(24)12-23)22-8-4-7-19(22)18-6-3-2-5-15(18)10-21-11-17-9-16(21)13-25-17/h2-3,5-6,12,16-17,19,24H,4,7-11,13H2,1H3/t16-,17-,19?/m0/s1. The maximum Gasteiger partial charge on any atom is 0.186 e. The minimum atomic E-state index is -0.154. The maximum absolute atomic E-state index is 11.0. The lowest BCUT2D eigenvalue weighted by Crippen LogP contribution is -2.36. The van der Waals surface area contributed by atoms with E-state index in [2.05, 4.69) is 34.1 Å². The number of benzene rings is 1. The topological polar surface area (TPSA) is 53.0 Å². The zero-order valence-electron chi connectivity index (χ0n) is 14.7. The number of aliphatic hydroxyl groups is 1. The molecule has 0 aromatic heterocycles. The van der Waals surface area contributed by atoms with Gasteiger partial charge in [0.1, 0.15) is 0 Å². The number of allylic oxidation sites excluding steroid dienone is 2. The van der Waals surface area contributed by atoms with Gasteiger partial charge >= 0.3 is 0 Å². The summed E-state index contributed by atoms with van der Waals surface area (Å²) in [6.07, 6.45) is 4.24. The van der Waals surface area contributed by atoms with E-state index in [0.29, 0.717) is 24.1 Å².